The highest BCUT2D eigenvalue weighted by molar-refractivity contribution is 7.13. The SMILES string of the molecule is CC(C)c1ccc(NC(=O)Cn2nc(-c3cccs3)cc(N)c2=O)cc1. The number of nitrogens with two attached hydrogens (primary N) is 1. The van der Waals surface area contributed by atoms with Crippen LogP contribution in [0.1, 0.15) is 25.3 Å². The Bertz CT molecular complexity index is 960. The van der Waals surface area contributed by atoms with Crippen LogP contribution in [-0.2, 0) is 11.3 Å². The number of rotatable bonds is 5. The van der Waals surface area contributed by atoms with Crippen LogP contribution in [-0.4, -0.2) is 15.7 Å². The van der Waals surface area contributed by atoms with Gasteiger partial charge in [-0.3, -0.25) is 9.59 Å². The molecule has 0 saturated heterocycles. The van der Waals surface area contributed by atoms with Crippen LogP contribution in [0.25, 0.3) is 10.6 Å². The van der Waals surface area contributed by atoms with E-state index in [4.69, 9.17) is 5.73 Å². The molecule has 0 saturated carbocycles. The van der Waals surface area contributed by atoms with E-state index in [1.54, 1.807) is 0 Å². The van der Waals surface area contributed by atoms with Gasteiger partial charge < -0.3 is 11.1 Å². The predicted octanol–water partition coefficient (Wildman–Crippen LogP) is 3.32. The Morgan fingerprint density at radius 1 is 1.27 bits per heavy atom. The zero-order chi connectivity index (χ0) is 18.7. The lowest BCUT2D eigenvalue weighted by atomic mass is 10.0. The van der Waals surface area contributed by atoms with E-state index in [1.165, 1.54) is 23.0 Å². The van der Waals surface area contributed by atoms with Gasteiger partial charge in [-0.2, -0.15) is 5.10 Å². The maximum Gasteiger partial charge on any atom is 0.290 e. The van der Waals surface area contributed by atoms with Crippen LogP contribution >= 0.6 is 11.3 Å². The number of benzene rings is 1. The van der Waals surface area contributed by atoms with E-state index in [1.807, 2.05) is 41.8 Å². The van der Waals surface area contributed by atoms with Gasteiger partial charge in [0.05, 0.1) is 4.88 Å². The van der Waals surface area contributed by atoms with Crippen LogP contribution in [0, 0.1) is 0 Å². The molecule has 1 aromatic carbocycles. The Balaban J connectivity index is 1.77. The molecule has 2 heterocycles. The van der Waals surface area contributed by atoms with E-state index < -0.39 is 5.56 Å². The molecule has 1 amide bonds. The first-order chi connectivity index (χ1) is 12.4. The second-order valence-electron chi connectivity index (χ2n) is 6.25. The molecule has 3 aromatic rings. The van der Waals surface area contributed by atoms with Gasteiger partial charge in [-0.25, -0.2) is 4.68 Å². The number of anilines is 2. The number of thiophene rings is 1. The van der Waals surface area contributed by atoms with Crippen molar-refractivity contribution in [2.24, 2.45) is 0 Å². The largest absolute Gasteiger partial charge is 0.394 e. The molecule has 26 heavy (non-hydrogen) atoms. The topological polar surface area (TPSA) is 90.0 Å². The van der Waals surface area contributed by atoms with E-state index >= 15 is 0 Å². The van der Waals surface area contributed by atoms with Crippen molar-refractivity contribution in [3.05, 3.63) is 63.8 Å². The van der Waals surface area contributed by atoms with Gasteiger partial charge in [0.15, 0.2) is 0 Å². The molecule has 3 rings (SSSR count). The minimum atomic E-state index is -0.476. The molecular formula is C19H20N4O2S. The van der Waals surface area contributed by atoms with Crippen molar-refractivity contribution in [2.45, 2.75) is 26.3 Å². The van der Waals surface area contributed by atoms with Gasteiger partial charge in [-0.05, 0) is 41.1 Å². The van der Waals surface area contributed by atoms with Gasteiger partial charge in [-0.15, -0.1) is 11.3 Å². The van der Waals surface area contributed by atoms with Gasteiger partial charge >= 0.3 is 0 Å². The molecule has 0 aliphatic heterocycles. The van der Waals surface area contributed by atoms with Crippen LogP contribution in [0.4, 0.5) is 11.4 Å². The summed E-state index contributed by atoms with van der Waals surface area (Å²) in [6, 6.07) is 13.0. The Hall–Kier alpha value is -2.93. The minimum Gasteiger partial charge on any atom is -0.394 e. The Morgan fingerprint density at radius 3 is 2.62 bits per heavy atom. The average Bonchev–Trinajstić information content (AvgIpc) is 3.14. The molecule has 0 aliphatic carbocycles. The third-order valence-electron chi connectivity index (χ3n) is 3.93. The van der Waals surface area contributed by atoms with Crippen LogP contribution in [0.5, 0.6) is 0 Å². The first-order valence-corrected chi connectivity index (χ1v) is 9.13. The van der Waals surface area contributed by atoms with Gasteiger partial charge in [0, 0.05) is 5.69 Å². The summed E-state index contributed by atoms with van der Waals surface area (Å²) in [5.74, 6) is 0.0881. The van der Waals surface area contributed by atoms with Crippen molar-refractivity contribution in [1.82, 2.24) is 9.78 Å². The average molecular weight is 368 g/mol. The number of hydrogen-bond acceptors (Lipinski definition) is 5. The smallest absolute Gasteiger partial charge is 0.290 e. The molecule has 7 heteroatoms. The summed E-state index contributed by atoms with van der Waals surface area (Å²) in [6.45, 7) is 4.02. The van der Waals surface area contributed by atoms with Crippen LogP contribution in [0.15, 0.2) is 52.6 Å². The summed E-state index contributed by atoms with van der Waals surface area (Å²) < 4.78 is 1.10. The van der Waals surface area contributed by atoms with Crippen molar-refractivity contribution in [2.75, 3.05) is 11.1 Å². The number of amides is 1. The quantitative estimate of drug-likeness (QED) is 0.723. The predicted molar refractivity (Wildman–Crippen MR) is 105 cm³/mol. The molecule has 2 aromatic heterocycles. The summed E-state index contributed by atoms with van der Waals surface area (Å²) in [7, 11) is 0. The molecule has 0 spiro atoms. The summed E-state index contributed by atoms with van der Waals surface area (Å²) in [4.78, 5) is 25.4. The van der Waals surface area contributed by atoms with Crippen molar-refractivity contribution < 1.29 is 4.79 Å². The number of nitrogen functional groups attached to an aromatic ring is 1. The molecule has 0 radical (unpaired) electrons. The zero-order valence-electron chi connectivity index (χ0n) is 14.6. The van der Waals surface area contributed by atoms with E-state index in [2.05, 4.69) is 24.3 Å². The number of aromatic nitrogens is 2. The third-order valence-corrected chi connectivity index (χ3v) is 4.82. The summed E-state index contributed by atoms with van der Waals surface area (Å²) in [5.41, 5.74) is 7.83. The zero-order valence-corrected chi connectivity index (χ0v) is 15.4. The normalized spacial score (nSPS) is 10.9. The lowest BCUT2D eigenvalue weighted by Gasteiger charge is -2.10. The van der Waals surface area contributed by atoms with Crippen LogP contribution < -0.4 is 16.6 Å². The lowest BCUT2D eigenvalue weighted by molar-refractivity contribution is -0.117. The van der Waals surface area contributed by atoms with E-state index in [9.17, 15) is 9.59 Å². The molecule has 6 nitrogen and oxygen atoms in total. The molecule has 3 N–H and O–H groups in total. The molecule has 0 aliphatic rings. The van der Waals surface area contributed by atoms with Crippen molar-refractivity contribution >= 4 is 28.6 Å². The summed E-state index contributed by atoms with van der Waals surface area (Å²) in [5, 5.41) is 8.96. The second-order valence-corrected chi connectivity index (χ2v) is 7.20. The maximum atomic E-state index is 12.3. The Kier molecular flexibility index (Phi) is 5.18. The molecule has 0 unspecified atom stereocenters. The fourth-order valence-electron chi connectivity index (χ4n) is 2.50. The molecule has 0 fully saturated rings. The third kappa shape index (κ3) is 4.00. The van der Waals surface area contributed by atoms with E-state index in [-0.39, 0.29) is 18.1 Å². The van der Waals surface area contributed by atoms with Gasteiger partial charge in [0.1, 0.15) is 17.9 Å². The lowest BCUT2D eigenvalue weighted by Crippen LogP contribution is -2.31. The fraction of sp³-hybridized carbons (Fsp3) is 0.211. The number of hydrogen-bond donors (Lipinski definition) is 2. The van der Waals surface area contributed by atoms with Gasteiger partial charge in [0.2, 0.25) is 5.91 Å². The Morgan fingerprint density at radius 2 is 2.00 bits per heavy atom. The molecule has 0 bridgehead atoms. The molecule has 0 atom stereocenters. The second kappa shape index (κ2) is 7.53. The first kappa shape index (κ1) is 17.9. The molecular weight excluding hydrogens is 348 g/mol. The van der Waals surface area contributed by atoms with Crippen LogP contribution in [0.2, 0.25) is 0 Å². The number of nitrogens with zero attached hydrogens (tertiary/aromatic N) is 2. The standard InChI is InChI=1S/C19H20N4O2S/c1-12(2)13-5-7-14(8-6-13)21-18(24)11-23-19(25)15(20)10-16(22-23)17-4-3-9-26-17/h3-10,12H,11,20H2,1-2H3,(H,21,24). The number of nitrogens with one attached hydrogen (secondary N) is 1. The highest BCUT2D eigenvalue weighted by Gasteiger charge is 2.12. The summed E-state index contributed by atoms with van der Waals surface area (Å²) in [6.07, 6.45) is 0. The van der Waals surface area contributed by atoms with Crippen molar-refractivity contribution in [3.63, 3.8) is 0 Å². The Labute approximate surface area is 155 Å². The van der Waals surface area contributed by atoms with Gasteiger partial charge in [-0.1, -0.05) is 32.0 Å². The van der Waals surface area contributed by atoms with Crippen LogP contribution in [0.3, 0.4) is 0 Å². The van der Waals surface area contributed by atoms with E-state index in [0.717, 1.165) is 9.56 Å². The maximum absolute atomic E-state index is 12.3. The monoisotopic (exact) mass is 368 g/mol. The number of carbonyl (C=O) groups is 1. The highest BCUT2D eigenvalue weighted by atomic mass is 32.1. The van der Waals surface area contributed by atoms with Crippen molar-refractivity contribution in [1.29, 1.82) is 0 Å². The minimum absolute atomic E-state index is 0.0671. The summed E-state index contributed by atoms with van der Waals surface area (Å²) >= 11 is 1.49. The van der Waals surface area contributed by atoms with Crippen molar-refractivity contribution in [3.8, 4) is 10.6 Å². The first-order valence-electron chi connectivity index (χ1n) is 8.25. The molecule has 134 valence electrons. The van der Waals surface area contributed by atoms with Gasteiger partial charge in [0.25, 0.3) is 5.56 Å². The van der Waals surface area contributed by atoms with E-state index in [0.29, 0.717) is 17.3 Å². The fourth-order valence-corrected chi connectivity index (χ4v) is 3.18. The highest BCUT2D eigenvalue weighted by Crippen LogP contribution is 2.22. The number of carbonyl (C=O) groups excluding carboxylic acids is 1.